The van der Waals surface area contributed by atoms with Gasteiger partial charge in [-0.25, -0.2) is 0 Å². The number of aryl methyl sites for hydroxylation is 2. The van der Waals surface area contributed by atoms with Gasteiger partial charge in [0.25, 0.3) is 0 Å². The molecule has 0 aliphatic heterocycles. The van der Waals surface area contributed by atoms with Crippen molar-refractivity contribution in [3.05, 3.63) is 58.5 Å². The van der Waals surface area contributed by atoms with E-state index in [1.807, 2.05) is 37.3 Å². The fourth-order valence-corrected chi connectivity index (χ4v) is 2.86. The Kier molecular flexibility index (Phi) is 3.66. The molecular weight excluding hydrogens is 286 g/mol. The standard InChI is InChI=1S/C16H16ClN3O/c1-10-13(16(17)20(2)19-10)9-14(21)12-7-3-5-11-6-4-8-18-15(11)12/h3-8,14,21H,9H2,1-2H3. The Morgan fingerprint density at radius 3 is 2.76 bits per heavy atom. The SMILES string of the molecule is Cc1nn(C)c(Cl)c1CC(O)c1cccc2cccnc12. The third-order valence-electron chi connectivity index (χ3n) is 3.69. The van der Waals surface area contributed by atoms with Gasteiger partial charge in [0.1, 0.15) is 5.15 Å². The Hall–Kier alpha value is -1.91. The summed E-state index contributed by atoms with van der Waals surface area (Å²) in [5.74, 6) is 0. The number of aromatic nitrogens is 3. The van der Waals surface area contributed by atoms with Crippen LogP contribution < -0.4 is 0 Å². The highest BCUT2D eigenvalue weighted by atomic mass is 35.5. The molecule has 0 fully saturated rings. The summed E-state index contributed by atoms with van der Waals surface area (Å²) in [6.45, 7) is 1.90. The third kappa shape index (κ3) is 2.52. The Morgan fingerprint density at radius 2 is 2.05 bits per heavy atom. The number of nitrogens with zero attached hydrogens (tertiary/aromatic N) is 3. The summed E-state index contributed by atoms with van der Waals surface area (Å²) in [7, 11) is 1.80. The highest BCUT2D eigenvalue weighted by molar-refractivity contribution is 6.30. The van der Waals surface area contributed by atoms with Crippen molar-refractivity contribution in [2.45, 2.75) is 19.4 Å². The molecule has 1 atom stereocenters. The molecule has 108 valence electrons. The highest BCUT2D eigenvalue weighted by Crippen LogP contribution is 2.28. The molecule has 2 aromatic heterocycles. The van der Waals surface area contributed by atoms with E-state index < -0.39 is 6.10 Å². The maximum atomic E-state index is 10.6. The lowest BCUT2D eigenvalue weighted by atomic mass is 9.99. The Bertz CT molecular complexity index is 792. The summed E-state index contributed by atoms with van der Waals surface area (Å²) in [4.78, 5) is 4.38. The number of hydrogen-bond acceptors (Lipinski definition) is 3. The van der Waals surface area contributed by atoms with E-state index in [1.54, 1.807) is 17.9 Å². The molecule has 0 saturated carbocycles. The van der Waals surface area contributed by atoms with Crippen molar-refractivity contribution < 1.29 is 5.11 Å². The van der Waals surface area contributed by atoms with Gasteiger partial charge in [0, 0.05) is 36.2 Å². The number of para-hydroxylation sites is 1. The van der Waals surface area contributed by atoms with Gasteiger partial charge in [-0.1, -0.05) is 35.9 Å². The molecule has 0 amide bonds. The van der Waals surface area contributed by atoms with Crippen LogP contribution in [0.2, 0.25) is 5.15 Å². The highest BCUT2D eigenvalue weighted by Gasteiger charge is 2.18. The first-order chi connectivity index (χ1) is 10.1. The minimum atomic E-state index is -0.663. The topological polar surface area (TPSA) is 50.9 Å². The Labute approximate surface area is 128 Å². The van der Waals surface area contributed by atoms with Gasteiger partial charge in [-0.15, -0.1) is 0 Å². The van der Waals surface area contributed by atoms with Gasteiger partial charge in [-0.2, -0.15) is 5.10 Å². The maximum absolute atomic E-state index is 10.6. The minimum absolute atomic E-state index is 0.425. The smallest absolute Gasteiger partial charge is 0.130 e. The molecule has 0 saturated heterocycles. The summed E-state index contributed by atoms with van der Waals surface area (Å²) in [5.41, 5.74) is 3.35. The average Bonchev–Trinajstić information content (AvgIpc) is 2.73. The second kappa shape index (κ2) is 5.47. The van der Waals surface area contributed by atoms with Crippen LogP contribution in [-0.2, 0) is 13.5 Å². The van der Waals surface area contributed by atoms with Gasteiger partial charge in [0.2, 0.25) is 0 Å². The van der Waals surface area contributed by atoms with E-state index in [-0.39, 0.29) is 0 Å². The van der Waals surface area contributed by atoms with Crippen LogP contribution in [0, 0.1) is 6.92 Å². The van der Waals surface area contributed by atoms with Gasteiger partial charge in [-0.3, -0.25) is 9.67 Å². The lowest BCUT2D eigenvalue weighted by Gasteiger charge is -2.13. The summed E-state index contributed by atoms with van der Waals surface area (Å²) >= 11 is 6.24. The van der Waals surface area contributed by atoms with E-state index in [2.05, 4.69) is 10.1 Å². The number of rotatable bonds is 3. The van der Waals surface area contributed by atoms with Crippen LogP contribution in [0.5, 0.6) is 0 Å². The molecule has 3 rings (SSSR count). The zero-order valence-corrected chi connectivity index (χ0v) is 12.7. The molecule has 0 aliphatic rings. The van der Waals surface area contributed by atoms with Crippen molar-refractivity contribution in [1.29, 1.82) is 0 Å². The molecule has 1 aromatic carbocycles. The number of aliphatic hydroxyl groups is 1. The second-order valence-electron chi connectivity index (χ2n) is 5.12. The summed E-state index contributed by atoms with van der Waals surface area (Å²) in [6, 6.07) is 9.70. The first-order valence-electron chi connectivity index (χ1n) is 6.77. The molecule has 2 heterocycles. The van der Waals surface area contributed by atoms with Crippen molar-refractivity contribution in [3.8, 4) is 0 Å². The van der Waals surface area contributed by atoms with Crippen LogP contribution in [0.15, 0.2) is 36.5 Å². The van der Waals surface area contributed by atoms with Crippen LogP contribution in [0.4, 0.5) is 0 Å². The zero-order valence-electron chi connectivity index (χ0n) is 11.9. The number of benzene rings is 1. The maximum Gasteiger partial charge on any atom is 0.130 e. The van der Waals surface area contributed by atoms with Gasteiger partial charge < -0.3 is 5.11 Å². The quantitative estimate of drug-likeness (QED) is 0.808. The predicted octanol–water partition coefficient (Wildman–Crippen LogP) is 3.21. The molecule has 4 nitrogen and oxygen atoms in total. The van der Waals surface area contributed by atoms with E-state index in [4.69, 9.17) is 11.6 Å². The van der Waals surface area contributed by atoms with E-state index >= 15 is 0 Å². The Balaban J connectivity index is 1.99. The first kappa shape index (κ1) is 14.0. The molecule has 3 aromatic rings. The van der Waals surface area contributed by atoms with E-state index in [1.165, 1.54) is 0 Å². The molecular formula is C16H16ClN3O. The van der Waals surface area contributed by atoms with Gasteiger partial charge in [0.05, 0.1) is 17.3 Å². The lowest BCUT2D eigenvalue weighted by molar-refractivity contribution is 0.179. The molecule has 0 radical (unpaired) electrons. The largest absolute Gasteiger partial charge is 0.388 e. The molecule has 0 aliphatic carbocycles. The average molecular weight is 302 g/mol. The van der Waals surface area contributed by atoms with Crippen molar-refractivity contribution in [2.24, 2.45) is 7.05 Å². The minimum Gasteiger partial charge on any atom is -0.388 e. The van der Waals surface area contributed by atoms with Gasteiger partial charge in [0.15, 0.2) is 0 Å². The van der Waals surface area contributed by atoms with Crippen molar-refractivity contribution >= 4 is 22.5 Å². The monoisotopic (exact) mass is 301 g/mol. The number of halogens is 1. The van der Waals surface area contributed by atoms with Crippen LogP contribution in [-0.4, -0.2) is 19.9 Å². The predicted molar refractivity (Wildman–Crippen MR) is 83.4 cm³/mol. The van der Waals surface area contributed by atoms with Crippen LogP contribution in [0.3, 0.4) is 0 Å². The number of hydrogen-bond donors (Lipinski definition) is 1. The molecule has 5 heteroatoms. The van der Waals surface area contributed by atoms with E-state index in [9.17, 15) is 5.11 Å². The van der Waals surface area contributed by atoms with E-state index in [0.717, 1.165) is 27.7 Å². The van der Waals surface area contributed by atoms with Crippen LogP contribution in [0.1, 0.15) is 22.9 Å². The second-order valence-corrected chi connectivity index (χ2v) is 5.48. The first-order valence-corrected chi connectivity index (χ1v) is 7.15. The summed E-state index contributed by atoms with van der Waals surface area (Å²) in [5, 5.41) is 16.5. The normalized spacial score (nSPS) is 12.8. The van der Waals surface area contributed by atoms with Gasteiger partial charge in [-0.05, 0) is 13.0 Å². The molecule has 0 bridgehead atoms. The Morgan fingerprint density at radius 1 is 1.29 bits per heavy atom. The fraction of sp³-hybridized carbons (Fsp3) is 0.250. The number of aliphatic hydroxyl groups excluding tert-OH is 1. The molecule has 21 heavy (non-hydrogen) atoms. The van der Waals surface area contributed by atoms with Crippen LogP contribution in [0.25, 0.3) is 10.9 Å². The lowest BCUT2D eigenvalue weighted by Crippen LogP contribution is -2.04. The number of pyridine rings is 1. The van der Waals surface area contributed by atoms with Crippen molar-refractivity contribution in [2.75, 3.05) is 0 Å². The summed E-state index contributed by atoms with van der Waals surface area (Å²) < 4.78 is 1.63. The summed E-state index contributed by atoms with van der Waals surface area (Å²) in [6.07, 6.45) is 1.50. The number of fused-ring (bicyclic) bond motifs is 1. The van der Waals surface area contributed by atoms with Crippen molar-refractivity contribution in [3.63, 3.8) is 0 Å². The van der Waals surface area contributed by atoms with Gasteiger partial charge >= 0.3 is 0 Å². The van der Waals surface area contributed by atoms with E-state index in [0.29, 0.717) is 11.6 Å². The third-order valence-corrected chi connectivity index (χ3v) is 4.16. The van der Waals surface area contributed by atoms with Crippen molar-refractivity contribution in [1.82, 2.24) is 14.8 Å². The zero-order chi connectivity index (χ0) is 15.0. The molecule has 1 N–H and O–H groups in total. The fourth-order valence-electron chi connectivity index (χ4n) is 2.61. The van der Waals surface area contributed by atoms with Crippen LogP contribution >= 0.6 is 11.6 Å². The molecule has 0 spiro atoms. The molecule has 1 unspecified atom stereocenters.